The van der Waals surface area contributed by atoms with Crippen LogP contribution in [0.4, 0.5) is 0 Å². The Hall–Kier alpha value is -1.41. The topological polar surface area (TPSA) is 66.5 Å². The summed E-state index contributed by atoms with van der Waals surface area (Å²) in [5.41, 5.74) is 1.25. The fraction of sp³-hybridized carbons (Fsp3) is 0.350. The van der Waals surface area contributed by atoms with Gasteiger partial charge in [0.2, 0.25) is 10.0 Å². The van der Waals surface area contributed by atoms with Gasteiger partial charge in [0.1, 0.15) is 0 Å². The van der Waals surface area contributed by atoms with Crippen molar-refractivity contribution in [3.63, 3.8) is 0 Å². The van der Waals surface area contributed by atoms with Crippen LogP contribution in [-0.2, 0) is 15.4 Å². The van der Waals surface area contributed by atoms with E-state index in [9.17, 15) is 13.2 Å². The number of carbonyl (C=O) groups is 1. The van der Waals surface area contributed by atoms with Gasteiger partial charge in [0.05, 0.1) is 15.5 Å². The number of hydrogen-bond acceptors (Lipinski definition) is 3. The molecular formula is C20H22BrClN2O3S. The van der Waals surface area contributed by atoms with Crippen molar-refractivity contribution in [3.8, 4) is 0 Å². The number of hydrogen-bond donors (Lipinski definition) is 1. The van der Waals surface area contributed by atoms with Crippen LogP contribution in [0.1, 0.15) is 35.2 Å². The molecule has 0 atom stereocenters. The number of carbonyl (C=O) groups excluding carboxylic acids is 1. The molecule has 2 aromatic carbocycles. The van der Waals surface area contributed by atoms with Crippen LogP contribution in [0.2, 0.25) is 5.02 Å². The largest absolute Gasteiger partial charge is 0.351 e. The number of sulfonamides is 1. The molecule has 0 unspecified atom stereocenters. The molecule has 1 aliphatic rings. The van der Waals surface area contributed by atoms with Crippen LogP contribution < -0.4 is 5.32 Å². The van der Waals surface area contributed by atoms with Crippen LogP contribution in [0.5, 0.6) is 0 Å². The Labute approximate surface area is 179 Å². The normalized spacial score (nSPS) is 15.9. The molecule has 0 spiro atoms. The predicted molar refractivity (Wildman–Crippen MR) is 114 cm³/mol. The first-order valence-electron chi connectivity index (χ1n) is 8.92. The molecule has 150 valence electrons. The first-order valence-corrected chi connectivity index (χ1v) is 11.5. The minimum absolute atomic E-state index is 0.0393. The third kappa shape index (κ3) is 4.13. The summed E-state index contributed by atoms with van der Waals surface area (Å²) < 4.78 is 26.8. The second-order valence-corrected chi connectivity index (χ2v) is 10.7. The lowest BCUT2D eigenvalue weighted by Gasteiger charge is -2.42. The molecule has 1 saturated carbocycles. The Bertz CT molecular complexity index is 1000. The van der Waals surface area contributed by atoms with Crippen molar-refractivity contribution in [3.05, 3.63) is 63.1 Å². The Morgan fingerprint density at radius 1 is 1.21 bits per heavy atom. The summed E-state index contributed by atoms with van der Waals surface area (Å²) in [4.78, 5) is 12.8. The summed E-state index contributed by atoms with van der Waals surface area (Å²) in [5, 5.41) is 3.18. The van der Waals surface area contributed by atoms with Gasteiger partial charge in [-0.3, -0.25) is 4.79 Å². The number of amides is 1. The van der Waals surface area contributed by atoms with Crippen molar-refractivity contribution >= 4 is 43.5 Å². The highest BCUT2D eigenvalue weighted by atomic mass is 79.9. The average Bonchev–Trinajstić information content (AvgIpc) is 2.60. The van der Waals surface area contributed by atoms with E-state index in [0.29, 0.717) is 6.54 Å². The predicted octanol–water partition coefficient (Wildman–Crippen LogP) is 4.20. The van der Waals surface area contributed by atoms with Crippen LogP contribution in [0.25, 0.3) is 0 Å². The lowest BCUT2D eigenvalue weighted by molar-refractivity contribution is 0.0928. The minimum Gasteiger partial charge on any atom is -0.351 e. The smallest absolute Gasteiger partial charge is 0.252 e. The first-order chi connectivity index (χ1) is 13.2. The molecular weight excluding hydrogens is 464 g/mol. The van der Waals surface area contributed by atoms with Crippen molar-refractivity contribution < 1.29 is 13.2 Å². The van der Waals surface area contributed by atoms with Crippen LogP contribution >= 0.6 is 27.5 Å². The molecule has 0 heterocycles. The van der Waals surface area contributed by atoms with E-state index in [2.05, 4.69) is 33.4 Å². The zero-order chi connectivity index (χ0) is 20.5. The van der Waals surface area contributed by atoms with Crippen LogP contribution in [0, 0.1) is 0 Å². The van der Waals surface area contributed by atoms with Crippen LogP contribution in [0.3, 0.4) is 0 Å². The molecule has 0 bridgehead atoms. The number of rotatable bonds is 6. The van der Waals surface area contributed by atoms with Crippen molar-refractivity contribution in [2.45, 2.75) is 29.6 Å². The van der Waals surface area contributed by atoms with E-state index in [0.717, 1.165) is 28.0 Å². The number of nitrogens with one attached hydrogen (secondary N) is 1. The van der Waals surface area contributed by atoms with Gasteiger partial charge >= 0.3 is 0 Å². The van der Waals surface area contributed by atoms with E-state index in [1.165, 1.54) is 37.9 Å². The lowest BCUT2D eigenvalue weighted by Crippen LogP contribution is -2.45. The molecule has 0 aromatic heterocycles. The van der Waals surface area contributed by atoms with Gasteiger partial charge in [-0.25, -0.2) is 12.7 Å². The third-order valence-electron chi connectivity index (χ3n) is 5.30. The van der Waals surface area contributed by atoms with E-state index in [4.69, 9.17) is 11.6 Å². The van der Waals surface area contributed by atoms with Gasteiger partial charge in [0.25, 0.3) is 5.91 Å². The van der Waals surface area contributed by atoms with E-state index in [1.807, 2.05) is 12.1 Å². The Kier molecular flexibility index (Phi) is 6.20. The third-order valence-corrected chi connectivity index (χ3v) is 7.93. The van der Waals surface area contributed by atoms with Gasteiger partial charge in [-0.1, -0.05) is 46.1 Å². The van der Waals surface area contributed by atoms with E-state index in [-0.39, 0.29) is 26.8 Å². The Morgan fingerprint density at radius 3 is 2.50 bits per heavy atom. The molecule has 1 N–H and O–H groups in total. The Balaban J connectivity index is 1.82. The quantitative estimate of drug-likeness (QED) is 0.667. The van der Waals surface area contributed by atoms with Gasteiger partial charge in [-0.2, -0.15) is 0 Å². The fourth-order valence-electron chi connectivity index (χ4n) is 3.38. The monoisotopic (exact) mass is 484 g/mol. The summed E-state index contributed by atoms with van der Waals surface area (Å²) in [7, 11) is -0.752. The molecule has 0 saturated heterocycles. The molecule has 0 aliphatic heterocycles. The van der Waals surface area contributed by atoms with Crippen LogP contribution in [0.15, 0.2) is 51.8 Å². The maximum absolute atomic E-state index is 12.8. The van der Waals surface area contributed by atoms with Crippen LogP contribution in [-0.4, -0.2) is 39.3 Å². The first kappa shape index (κ1) is 21.3. The van der Waals surface area contributed by atoms with Gasteiger partial charge in [0.15, 0.2) is 0 Å². The second-order valence-electron chi connectivity index (χ2n) is 7.26. The maximum Gasteiger partial charge on any atom is 0.252 e. The summed E-state index contributed by atoms with van der Waals surface area (Å²) in [6.45, 7) is 0.475. The molecule has 2 aromatic rings. The molecule has 3 rings (SSSR count). The molecule has 1 amide bonds. The average molecular weight is 486 g/mol. The van der Waals surface area contributed by atoms with Gasteiger partial charge < -0.3 is 5.32 Å². The SMILES string of the molecule is CN(C)S(=O)(=O)c1ccc(Cl)c(C(=O)NCC2(c3cccc(Br)c3)CCC2)c1. The van der Waals surface area contributed by atoms with Crippen molar-refractivity contribution in [2.75, 3.05) is 20.6 Å². The van der Waals surface area contributed by atoms with E-state index >= 15 is 0 Å². The van der Waals surface area contributed by atoms with Gasteiger partial charge in [-0.05, 0) is 48.7 Å². The fourth-order valence-corrected chi connectivity index (χ4v) is 4.91. The number of benzene rings is 2. The highest BCUT2D eigenvalue weighted by Gasteiger charge is 2.39. The molecule has 1 fully saturated rings. The molecule has 1 aliphatic carbocycles. The highest BCUT2D eigenvalue weighted by molar-refractivity contribution is 9.10. The van der Waals surface area contributed by atoms with E-state index in [1.54, 1.807) is 0 Å². The molecule has 5 nitrogen and oxygen atoms in total. The zero-order valence-corrected chi connectivity index (χ0v) is 18.9. The second kappa shape index (κ2) is 8.14. The Morgan fingerprint density at radius 2 is 1.93 bits per heavy atom. The summed E-state index contributed by atoms with van der Waals surface area (Å²) in [6.07, 6.45) is 3.10. The molecule has 8 heteroatoms. The standard InChI is InChI=1S/C20H22BrClN2O3S/c1-24(2)28(26,27)16-7-8-18(22)17(12-16)19(25)23-13-20(9-4-10-20)14-5-3-6-15(21)11-14/h3,5-8,11-12H,4,9-10,13H2,1-2H3,(H,23,25). The summed E-state index contributed by atoms with van der Waals surface area (Å²) in [5.74, 6) is -0.373. The highest BCUT2D eigenvalue weighted by Crippen LogP contribution is 2.43. The molecule has 0 radical (unpaired) electrons. The molecule has 28 heavy (non-hydrogen) atoms. The zero-order valence-electron chi connectivity index (χ0n) is 15.7. The maximum atomic E-state index is 12.8. The van der Waals surface area contributed by atoms with Crippen molar-refractivity contribution in [2.24, 2.45) is 0 Å². The number of nitrogens with zero attached hydrogens (tertiary/aromatic N) is 1. The van der Waals surface area contributed by atoms with Crippen molar-refractivity contribution in [1.29, 1.82) is 0 Å². The lowest BCUT2D eigenvalue weighted by atomic mass is 9.64. The summed E-state index contributed by atoms with van der Waals surface area (Å²) in [6, 6.07) is 12.3. The number of halogens is 2. The minimum atomic E-state index is -3.64. The van der Waals surface area contributed by atoms with Gasteiger partial charge in [-0.15, -0.1) is 0 Å². The van der Waals surface area contributed by atoms with E-state index < -0.39 is 10.0 Å². The van der Waals surface area contributed by atoms with Crippen molar-refractivity contribution in [1.82, 2.24) is 9.62 Å². The summed E-state index contributed by atoms with van der Waals surface area (Å²) >= 11 is 9.69. The van der Waals surface area contributed by atoms with Gasteiger partial charge in [0, 0.05) is 30.5 Å².